The van der Waals surface area contributed by atoms with Crippen molar-refractivity contribution in [3.8, 4) is 5.75 Å². The van der Waals surface area contributed by atoms with Crippen LogP contribution in [0.3, 0.4) is 0 Å². The number of esters is 1. The smallest absolute Gasteiger partial charge is 0.306 e. The van der Waals surface area contributed by atoms with Crippen molar-refractivity contribution in [3.63, 3.8) is 0 Å². The summed E-state index contributed by atoms with van der Waals surface area (Å²) in [5, 5.41) is 0.374. The van der Waals surface area contributed by atoms with Crippen LogP contribution < -0.4 is 4.74 Å². The molecule has 0 radical (unpaired) electrons. The highest BCUT2D eigenvalue weighted by molar-refractivity contribution is 9.10. The van der Waals surface area contributed by atoms with Gasteiger partial charge in [0, 0.05) is 22.7 Å². The Balaban J connectivity index is 1.86. The molecule has 0 aliphatic heterocycles. The molecule has 1 aromatic carbocycles. The molecule has 2 rings (SSSR count). The second-order valence-corrected chi connectivity index (χ2v) is 6.22. The van der Waals surface area contributed by atoms with Crippen molar-refractivity contribution < 1.29 is 19.1 Å². The van der Waals surface area contributed by atoms with Crippen molar-refractivity contribution in [1.29, 1.82) is 0 Å². The van der Waals surface area contributed by atoms with Crippen LogP contribution >= 0.6 is 27.5 Å². The third-order valence-corrected chi connectivity index (χ3v) is 3.92. The highest BCUT2D eigenvalue weighted by Crippen LogP contribution is 2.24. The SMILES string of the molecule is COc1ccc(Br)cc1C(=O)CCC(=O)OCc1ccc(Cl)nc1. The highest BCUT2D eigenvalue weighted by atomic mass is 79.9. The minimum absolute atomic E-state index is 0.00445. The Morgan fingerprint density at radius 3 is 2.67 bits per heavy atom. The molecule has 0 atom stereocenters. The number of Topliss-reactive ketones (excluding diaryl/α,β-unsaturated/α-hetero) is 1. The first-order chi connectivity index (χ1) is 11.5. The molecule has 7 heteroatoms. The molecule has 0 spiro atoms. The maximum Gasteiger partial charge on any atom is 0.306 e. The number of carbonyl (C=O) groups is 2. The molecule has 0 aliphatic carbocycles. The van der Waals surface area contributed by atoms with E-state index in [1.165, 1.54) is 13.3 Å². The number of ketones is 1. The van der Waals surface area contributed by atoms with E-state index in [9.17, 15) is 9.59 Å². The molecule has 2 aromatic rings. The second-order valence-electron chi connectivity index (χ2n) is 4.92. The lowest BCUT2D eigenvalue weighted by Crippen LogP contribution is -2.09. The zero-order valence-corrected chi connectivity index (χ0v) is 15.3. The Hall–Kier alpha value is -1.92. The first-order valence-electron chi connectivity index (χ1n) is 7.12. The van der Waals surface area contributed by atoms with Gasteiger partial charge in [-0.1, -0.05) is 33.6 Å². The van der Waals surface area contributed by atoms with Gasteiger partial charge in [0.1, 0.15) is 17.5 Å². The monoisotopic (exact) mass is 411 g/mol. The number of hydrogen-bond acceptors (Lipinski definition) is 5. The van der Waals surface area contributed by atoms with E-state index in [1.54, 1.807) is 30.3 Å². The lowest BCUT2D eigenvalue weighted by atomic mass is 10.1. The van der Waals surface area contributed by atoms with Crippen LogP contribution in [0.4, 0.5) is 0 Å². The third-order valence-electron chi connectivity index (χ3n) is 3.21. The number of aromatic nitrogens is 1. The van der Waals surface area contributed by atoms with Crippen molar-refractivity contribution in [2.45, 2.75) is 19.4 Å². The van der Waals surface area contributed by atoms with Crippen LogP contribution in [0.5, 0.6) is 5.75 Å². The first kappa shape index (κ1) is 18.4. The van der Waals surface area contributed by atoms with Crippen LogP contribution in [-0.2, 0) is 16.1 Å². The van der Waals surface area contributed by atoms with Gasteiger partial charge in [-0.25, -0.2) is 4.98 Å². The van der Waals surface area contributed by atoms with Gasteiger partial charge >= 0.3 is 5.97 Å². The summed E-state index contributed by atoms with van der Waals surface area (Å²) in [4.78, 5) is 27.9. The van der Waals surface area contributed by atoms with Gasteiger partial charge in [-0.2, -0.15) is 0 Å². The average Bonchev–Trinajstić information content (AvgIpc) is 2.59. The number of hydrogen-bond donors (Lipinski definition) is 0. The molecule has 1 aromatic heterocycles. The third kappa shape index (κ3) is 5.32. The van der Waals surface area contributed by atoms with Gasteiger partial charge in [0.2, 0.25) is 0 Å². The van der Waals surface area contributed by atoms with Crippen molar-refractivity contribution in [3.05, 3.63) is 57.3 Å². The fraction of sp³-hybridized carbons (Fsp3) is 0.235. The second kappa shape index (κ2) is 8.80. The molecular weight excluding hydrogens is 398 g/mol. The van der Waals surface area contributed by atoms with Crippen LogP contribution in [0.2, 0.25) is 5.15 Å². The summed E-state index contributed by atoms with van der Waals surface area (Å²) in [7, 11) is 1.49. The Morgan fingerprint density at radius 2 is 2.00 bits per heavy atom. The van der Waals surface area contributed by atoms with Gasteiger partial charge in [-0.3, -0.25) is 9.59 Å². The molecule has 126 valence electrons. The van der Waals surface area contributed by atoms with Crippen molar-refractivity contribution in [2.75, 3.05) is 7.11 Å². The summed E-state index contributed by atoms with van der Waals surface area (Å²) in [5.74, 6) is -0.158. The van der Waals surface area contributed by atoms with E-state index < -0.39 is 5.97 Å². The Labute approximate surface area is 153 Å². The molecule has 0 amide bonds. The fourth-order valence-electron chi connectivity index (χ4n) is 1.98. The Bertz CT molecular complexity index is 734. The largest absolute Gasteiger partial charge is 0.496 e. The molecule has 0 unspecified atom stereocenters. The van der Waals surface area contributed by atoms with E-state index in [-0.39, 0.29) is 25.2 Å². The zero-order valence-electron chi connectivity index (χ0n) is 12.9. The molecule has 0 bridgehead atoms. The summed E-state index contributed by atoms with van der Waals surface area (Å²) in [6.45, 7) is 0.0946. The highest BCUT2D eigenvalue weighted by Gasteiger charge is 2.15. The van der Waals surface area contributed by atoms with Crippen LogP contribution in [-0.4, -0.2) is 23.8 Å². The maximum absolute atomic E-state index is 12.3. The summed E-state index contributed by atoms with van der Waals surface area (Å²) in [6.07, 6.45) is 1.58. The van der Waals surface area contributed by atoms with Gasteiger partial charge in [0.15, 0.2) is 5.78 Å². The summed E-state index contributed by atoms with van der Waals surface area (Å²) in [6, 6.07) is 8.49. The molecule has 0 aliphatic rings. The molecule has 0 fully saturated rings. The van der Waals surface area contributed by atoms with E-state index in [0.29, 0.717) is 16.5 Å². The number of halogens is 2. The quantitative estimate of drug-likeness (QED) is 0.387. The normalized spacial score (nSPS) is 10.3. The lowest BCUT2D eigenvalue weighted by molar-refractivity contribution is -0.144. The van der Waals surface area contributed by atoms with Crippen molar-refractivity contribution in [2.24, 2.45) is 0 Å². The summed E-state index contributed by atoms with van der Waals surface area (Å²) < 4.78 is 11.1. The van der Waals surface area contributed by atoms with Crippen LogP contribution in [0.25, 0.3) is 0 Å². The Kier molecular flexibility index (Phi) is 6.75. The van der Waals surface area contributed by atoms with Crippen molar-refractivity contribution in [1.82, 2.24) is 4.98 Å². The zero-order chi connectivity index (χ0) is 17.5. The fourth-order valence-corrected chi connectivity index (χ4v) is 2.45. The summed E-state index contributed by atoms with van der Waals surface area (Å²) in [5.41, 5.74) is 1.16. The minimum Gasteiger partial charge on any atom is -0.496 e. The average molecular weight is 413 g/mol. The van der Waals surface area contributed by atoms with Gasteiger partial charge in [0.05, 0.1) is 19.1 Å². The molecule has 0 N–H and O–H groups in total. The van der Waals surface area contributed by atoms with E-state index in [4.69, 9.17) is 21.1 Å². The van der Waals surface area contributed by atoms with E-state index in [0.717, 1.165) is 10.0 Å². The molecule has 24 heavy (non-hydrogen) atoms. The van der Waals surface area contributed by atoms with Gasteiger partial charge in [0.25, 0.3) is 0 Å². The van der Waals surface area contributed by atoms with E-state index in [1.807, 2.05) is 0 Å². The number of rotatable bonds is 7. The number of nitrogens with zero attached hydrogens (tertiary/aromatic N) is 1. The standard InChI is InChI=1S/C17H15BrClNO4/c1-23-15-5-3-12(18)8-13(15)14(21)4-7-17(22)24-10-11-2-6-16(19)20-9-11/h2-3,5-6,8-9H,4,7,10H2,1H3. The molecule has 1 heterocycles. The molecule has 0 saturated heterocycles. The van der Waals surface area contributed by atoms with Crippen LogP contribution in [0.1, 0.15) is 28.8 Å². The van der Waals surface area contributed by atoms with Gasteiger partial charge in [-0.15, -0.1) is 0 Å². The minimum atomic E-state index is -0.452. The molecule has 0 saturated carbocycles. The van der Waals surface area contributed by atoms with E-state index in [2.05, 4.69) is 20.9 Å². The maximum atomic E-state index is 12.3. The predicted octanol–water partition coefficient (Wildman–Crippen LogP) is 4.21. The number of ether oxygens (including phenoxy) is 2. The first-order valence-corrected chi connectivity index (χ1v) is 8.29. The topological polar surface area (TPSA) is 65.5 Å². The number of pyridine rings is 1. The Morgan fingerprint density at radius 1 is 1.21 bits per heavy atom. The number of carbonyl (C=O) groups excluding carboxylic acids is 2. The molecular formula is C17H15BrClNO4. The van der Waals surface area contributed by atoms with Crippen LogP contribution in [0.15, 0.2) is 41.0 Å². The molecule has 5 nitrogen and oxygen atoms in total. The predicted molar refractivity (Wildman–Crippen MR) is 93.3 cm³/mol. The lowest BCUT2D eigenvalue weighted by Gasteiger charge is -2.08. The van der Waals surface area contributed by atoms with Gasteiger partial charge < -0.3 is 9.47 Å². The number of methoxy groups -OCH3 is 1. The van der Waals surface area contributed by atoms with E-state index >= 15 is 0 Å². The number of benzene rings is 1. The van der Waals surface area contributed by atoms with Crippen LogP contribution in [0, 0.1) is 0 Å². The van der Waals surface area contributed by atoms with Gasteiger partial charge in [-0.05, 0) is 24.3 Å². The summed E-state index contributed by atoms with van der Waals surface area (Å²) >= 11 is 9.00. The van der Waals surface area contributed by atoms with Crippen molar-refractivity contribution >= 4 is 39.3 Å².